The second-order valence-electron chi connectivity index (χ2n) is 13.7. The van der Waals surface area contributed by atoms with Crippen LogP contribution in [0.2, 0.25) is 0 Å². The normalized spacial score (nSPS) is 11.8. The maximum atomic E-state index is 6.12. The van der Waals surface area contributed by atoms with Gasteiger partial charge in [0, 0.05) is 11.8 Å². The Balaban J connectivity index is 1.21. The van der Waals surface area contributed by atoms with E-state index in [9.17, 15) is 0 Å². The van der Waals surface area contributed by atoms with Crippen LogP contribution in [0.25, 0.3) is 110 Å². The third kappa shape index (κ3) is 4.75. The quantitative estimate of drug-likeness (QED) is 0.174. The first-order valence-corrected chi connectivity index (χ1v) is 18.0. The SMILES string of the molecule is c1cc(-c2ccc3c(c2)c(-c2cccc4ccccc24)cc2c4ccccc4c(-c4cccc5ccccc45)cc32)cc(-c2nc3ncccc3o2)c1. The highest BCUT2D eigenvalue weighted by atomic mass is 16.3. The van der Waals surface area contributed by atoms with Gasteiger partial charge in [-0.25, -0.2) is 4.98 Å². The molecule has 11 aromatic rings. The van der Waals surface area contributed by atoms with E-state index in [1.54, 1.807) is 6.20 Å². The molecule has 0 unspecified atom stereocenters. The van der Waals surface area contributed by atoms with E-state index in [4.69, 9.17) is 4.42 Å². The minimum absolute atomic E-state index is 0.566. The third-order valence-corrected chi connectivity index (χ3v) is 10.7. The molecule has 0 fully saturated rings. The molecule has 0 amide bonds. The number of benzene rings is 9. The monoisotopic (exact) mass is 674 g/mol. The van der Waals surface area contributed by atoms with E-state index in [2.05, 4.69) is 168 Å². The molecule has 0 aliphatic heterocycles. The van der Waals surface area contributed by atoms with Gasteiger partial charge in [0.25, 0.3) is 0 Å². The molecule has 0 saturated heterocycles. The zero-order chi connectivity index (χ0) is 34.9. The number of hydrogen-bond donors (Lipinski definition) is 0. The predicted octanol–water partition coefficient (Wildman–Crippen LogP) is 13.7. The van der Waals surface area contributed by atoms with Crippen LogP contribution in [0.1, 0.15) is 0 Å². The van der Waals surface area contributed by atoms with Crippen molar-refractivity contribution in [3.05, 3.63) is 182 Å². The summed E-state index contributed by atoms with van der Waals surface area (Å²) < 4.78 is 6.12. The maximum absolute atomic E-state index is 6.12. The Kier molecular flexibility index (Phi) is 6.55. The molecule has 3 nitrogen and oxygen atoms in total. The second kappa shape index (κ2) is 11.7. The fraction of sp³-hybridized carbons (Fsp3) is 0. The molecule has 9 aromatic carbocycles. The first-order chi connectivity index (χ1) is 26.3. The minimum atomic E-state index is 0.566. The molecule has 53 heavy (non-hydrogen) atoms. The fourth-order valence-electron chi connectivity index (χ4n) is 8.27. The van der Waals surface area contributed by atoms with Gasteiger partial charge < -0.3 is 4.42 Å². The Morgan fingerprint density at radius 1 is 0.340 bits per heavy atom. The summed E-state index contributed by atoms with van der Waals surface area (Å²) in [7, 11) is 0. The Labute approximate surface area is 305 Å². The van der Waals surface area contributed by atoms with Crippen LogP contribution in [-0.4, -0.2) is 9.97 Å². The molecule has 0 spiro atoms. The third-order valence-electron chi connectivity index (χ3n) is 10.7. The molecule has 0 N–H and O–H groups in total. The Hall–Kier alpha value is -7.10. The van der Waals surface area contributed by atoms with Gasteiger partial charge in [0.2, 0.25) is 5.89 Å². The van der Waals surface area contributed by atoms with Gasteiger partial charge in [0.05, 0.1) is 0 Å². The van der Waals surface area contributed by atoms with E-state index in [0.717, 1.165) is 16.7 Å². The fourth-order valence-corrected chi connectivity index (χ4v) is 8.27. The smallest absolute Gasteiger partial charge is 0.228 e. The largest absolute Gasteiger partial charge is 0.434 e. The van der Waals surface area contributed by atoms with Crippen LogP contribution >= 0.6 is 0 Å². The first kappa shape index (κ1) is 29.6. The van der Waals surface area contributed by atoms with Crippen LogP contribution in [0.4, 0.5) is 0 Å². The number of pyridine rings is 1. The number of rotatable bonds is 4. The van der Waals surface area contributed by atoms with E-state index in [0.29, 0.717) is 17.1 Å². The summed E-state index contributed by atoms with van der Waals surface area (Å²) >= 11 is 0. The Bertz CT molecular complexity index is 3200. The van der Waals surface area contributed by atoms with Gasteiger partial charge in [-0.05, 0) is 130 Å². The van der Waals surface area contributed by atoms with Gasteiger partial charge in [0.1, 0.15) is 0 Å². The van der Waals surface area contributed by atoms with Crippen molar-refractivity contribution in [2.45, 2.75) is 0 Å². The van der Waals surface area contributed by atoms with Crippen LogP contribution in [-0.2, 0) is 0 Å². The molecule has 0 aliphatic rings. The van der Waals surface area contributed by atoms with Crippen molar-refractivity contribution in [2.24, 2.45) is 0 Å². The molecule has 2 heterocycles. The summed E-state index contributed by atoms with van der Waals surface area (Å²) in [5.74, 6) is 0.566. The summed E-state index contributed by atoms with van der Waals surface area (Å²) in [5, 5.41) is 12.4. The van der Waals surface area contributed by atoms with Gasteiger partial charge in [0.15, 0.2) is 11.2 Å². The molecule has 0 bridgehead atoms. The van der Waals surface area contributed by atoms with E-state index < -0.39 is 0 Å². The predicted molar refractivity (Wildman–Crippen MR) is 221 cm³/mol. The molecule has 11 rings (SSSR count). The van der Waals surface area contributed by atoms with E-state index in [1.807, 2.05) is 18.2 Å². The number of fused-ring (bicyclic) bond motifs is 8. The lowest BCUT2D eigenvalue weighted by Crippen LogP contribution is -1.91. The zero-order valence-electron chi connectivity index (χ0n) is 28.6. The lowest BCUT2D eigenvalue weighted by atomic mass is 9.85. The molecule has 0 radical (unpaired) electrons. The molecule has 0 atom stereocenters. The minimum Gasteiger partial charge on any atom is -0.434 e. The summed E-state index contributed by atoms with van der Waals surface area (Å²) in [6, 6.07) is 63.6. The number of aromatic nitrogens is 2. The molecule has 246 valence electrons. The molecule has 0 saturated carbocycles. The van der Waals surface area contributed by atoms with Crippen LogP contribution < -0.4 is 0 Å². The zero-order valence-corrected chi connectivity index (χ0v) is 28.6. The van der Waals surface area contributed by atoms with Gasteiger partial charge in [-0.3, -0.25) is 0 Å². The number of hydrogen-bond acceptors (Lipinski definition) is 3. The van der Waals surface area contributed by atoms with E-state index in [1.165, 1.54) is 76.1 Å². The number of oxazole rings is 1. The highest BCUT2D eigenvalue weighted by Crippen LogP contribution is 2.45. The van der Waals surface area contributed by atoms with E-state index in [-0.39, 0.29) is 0 Å². The van der Waals surface area contributed by atoms with Crippen molar-refractivity contribution in [1.82, 2.24) is 9.97 Å². The van der Waals surface area contributed by atoms with Crippen molar-refractivity contribution in [1.29, 1.82) is 0 Å². The van der Waals surface area contributed by atoms with Gasteiger partial charge in [-0.15, -0.1) is 0 Å². The molecular weight excluding hydrogens is 645 g/mol. The first-order valence-electron chi connectivity index (χ1n) is 18.0. The van der Waals surface area contributed by atoms with Crippen molar-refractivity contribution in [3.63, 3.8) is 0 Å². The highest BCUT2D eigenvalue weighted by Gasteiger charge is 2.18. The van der Waals surface area contributed by atoms with Crippen LogP contribution in [0.3, 0.4) is 0 Å². The lowest BCUT2D eigenvalue weighted by Gasteiger charge is -2.18. The lowest BCUT2D eigenvalue weighted by molar-refractivity contribution is 0.619. The van der Waals surface area contributed by atoms with Gasteiger partial charge in [-0.1, -0.05) is 133 Å². The topological polar surface area (TPSA) is 38.9 Å². The summed E-state index contributed by atoms with van der Waals surface area (Å²) in [5.41, 5.74) is 9.37. The van der Waals surface area contributed by atoms with Crippen LogP contribution in [0.5, 0.6) is 0 Å². The Morgan fingerprint density at radius 2 is 0.906 bits per heavy atom. The molecule has 3 heteroatoms. The van der Waals surface area contributed by atoms with Crippen molar-refractivity contribution >= 4 is 65.1 Å². The van der Waals surface area contributed by atoms with Crippen molar-refractivity contribution in [2.75, 3.05) is 0 Å². The maximum Gasteiger partial charge on any atom is 0.228 e. The standard InChI is InChI=1S/C50H30N2O/c1-3-17-36-31(11-1)13-8-21-38(36)44-29-47-42-25-24-34(33-15-7-16-35(27-33)50-52-49-48(53-50)23-10-26-51-49)28-43(42)45(30-46(47)41-20-6-5-19-40(41)44)39-22-9-14-32-12-2-4-18-37(32)39/h1-30H. The van der Waals surface area contributed by atoms with Crippen molar-refractivity contribution in [3.8, 4) is 44.8 Å². The average Bonchev–Trinajstić information content (AvgIpc) is 3.67. The van der Waals surface area contributed by atoms with Gasteiger partial charge >= 0.3 is 0 Å². The number of nitrogens with zero attached hydrogens (tertiary/aromatic N) is 2. The van der Waals surface area contributed by atoms with Crippen molar-refractivity contribution < 1.29 is 4.42 Å². The van der Waals surface area contributed by atoms with Gasteiger partial charge in [-0.2, -0.15) is 4.98 Å². The summed E-state index contributed by atoms with van der Waals surface area (Å²) in [4.78, 5) is 9.07. The van der Waals surface area contributed by atoms with Crippen LogP contribution in [0, 0.1) is 0 Å². The molecular formula is C50H30N2O. The Morgan fingerprint density at radius 3 is 1.62 bits per heavy atom. The van der Waals surface area contributed by atoms with Crippen LogP contribution in [0.15, 0.2) is 187 Å². The molecule has 2 aromatic heterocycles. The summed E-state index contributed by atoms with van der Waals surface area (Å²) in [6.45, 7) is 0. The molecule has 0 aliphatic carbocycles. The second-order valence-corrected chi connectivity index (χ2v) is 13.7. The summed E-state index contributed by atoms with van der Waals surface area (Å²) in [6.07, 6.45) is 1.74. The average molecular weight is 675 g/mol. The van der Waals surface area contributed by atoms with E-state index >= 15 is 0 Å². The highest BCUT2D eigenvalue weighted by molar-refractivity contribution is 6.25.